The highest BCUT2D eigenvalue weighted by atomic mass is 19.4. The molecule has 1 aliphatic heterocycles. The highest BCUT2D eigenvalue weighted by Crippen LogP contribution is 2.24. The van der Waals surface area contributed by atoms with Crippen molar-refractivity contribution in [3.8, 4) is 0 Å². The molecule has 1 unspecified atom stereocenters. The van der Waals surface area contributed by atoms with Gasteiger partial charge in [0.1, 0.15) is 5.52 Å². The number of fused-ring (bicyclic) bond motifs is 2. The van der Waals surface area contributed by atoms with Crippen molar-refractivity contribution in [2.75, 3.05) is 11.9 Å². The number of aliphatic carboxylic acids is 1. The first kappa shape index (κ1) is 21.6. The van der Waals surface area contributed by atoms with E-state index in [1.807, 2.05) is 0 Å². The quantitative estimate of drug-likeness (QED) is 0.588. The minimum absolute atomic E-state index is 0.391. The molecule has 9 heteroatoms. The second kappa shape index (κ2) is 8.74. The van der Waals surface area contributed by atoms with Crippen molar-refractivity contribution < 1.29 is 27.5 Å². The zero-order valence-corrected chi connectivity index (χ0v) is 16.5. The number of benzene rings is 2. The Bertz CT molecular complexity index is 1050. The van der Waals surface area contributed by atoms with Gasteiger partial charge in [0.15, 0.2) is 5.58 Å². The summed E-state index contributed by atoms with van der Waals surface area (Å²) in [6.07, 6.45) is -4.05. The summed E-state index contributed by atoms with van der Waals surface area (Å²) in [5.74, 6) is -2.76. The summed E-state index contributed by atoms with van der Waals surface area (Å²) in [5.41, 5.74) is 6.97. The molecule has 2 aromatic carbocycles. The summed E-state index contributed by atoms with van der Waals surface area (Å²) >= 11 is 0. The number of hydrogen-bond donors (Lipinski definition) is 3. The lowest BCUT2D eigenvalue weighted by molar-refractivity contribution is -0.192. The van der Waals surface area contributed by atoms with Crippen molar-refractivity contribution in [3.63, 3.8) is 0 Å². The van der Waals surface area contributed by atoms with Crippen LogP contribution in [0.4, 0.5) is 19.2 Å². The number of rotatable bonds is 3. The van der Waals surface area contributed by atoms with Crippen molar-refractivity contribution in [3.05, 3.63) is 58.7 Å². The summed E-state index contributed by atoms with van der Waals surface area (Å²) in [5, 5.41) is 14.0. The molecule has 3 aromatic rings. The molecular weight excluding hydrogens is 399 g/mol. The minimum atomic E-state index is -5.08. The van der Waals surface area contributed by atoms with Crippen LogP contribution in [0.5, 0.6) is 0 Å². The van der Waals surface area contributed by atoms with Crippen LogP contribution in [0.1, 0.15) is 22.3 Å². The fraction of sp³-hybridized carbons (Fsp3) is 0.333. The lowest BCUT2D eigenvalue weighted by Gasteiger charge is -2.26. The monoisotopic (exact) mass is 421 g/mol. The Labute approximate surface area is 171 Å². The van der Waals surface area contributed by atoms with Gasteiger partial charge < -0.3 is 20.2 Å². The second-order valence-electron chi connectivity index (χ2n) is 7.18. The number of nitrogens with one attached hydrogen (secondary N) is 2. The van der Waals surface area contributed by atoms with Gasteiger partial charge in [0.2, 0.25) is 0 Å². The molecule has 0 saturated carbocycles. The van der Waals surface area contributed by atoms with Crippen molar-refractivity contribution in [2.45, 2.75) is 39.0 Å². The molecule has 160 valence electrons. The van der Waals surface area contributed by atoms with Crippen LogP contribution in [0.2, 0.25) is 0 Å². The third-order valence-electron chi connectivity index (χ3n) is 4.73. The van der Waals surface area contributed by atoms with Crippen LogP contribution in [-0.4, -0.2) is 34.8 Å². The smallest absolute Gasteiger partial charge is 0.475 e. The number of hydrogen-bond acceptors (Lipinski definition) is 5. The number of carbonyl (C=O) groups is 1. The number of aryl methyl sites for hydroxylation is 2. The Kier molecular flexibility index (Phi) is 6.31. The lowest BCUT2D eigenvalue weighted by Crippen LogP contribution is -2.40. The molecule has 0 radical (unpaired) electrons. The largest absolute Gasteiger partial charge is 0.490 e. The van der Waals surface area contributed by atoms with E-state index >= 15 is 0 Å². The van der Waals surface area contributed by atoms with Crippen LogP contribution in [-0.2, 0) is 17.8 Å². The van der Waals surface area contributed by atoms with Gasteiger partial charge in [0.25, 0.3) is 6.01 Å². The average Bonchev–Trinajstić information content (AvgIpc) is 3.09. The van der Waals surface area contributed by atoms with Gasteiger partial charge in [-0.3, -0.25) is 0 Å². The number of halogens is 3. The van der Waals surface area contributed by atoms with Gasteiger partial charge in [0.05, 0.1) is 0 Å². The van der Waals surface area contributed by atoms with E-state index in [-0.39, 0.29) is 0 Å². The molecule has 1 aliphatic rings. The molecular formula is C21H22F3N3O3. The predicted octanol–water partition coefficient (Wildman–Crippen LogP) is 4.20. The Morgan fingerprint density at radius 1 is 1.27 bits per heavy atom. The van der Waals surface area contributed by atoms with Crippen molar-refractivity contribution >= 4 is 23.1 Å². The van der Waals surface area contributed by atoms with Crippen molar-refractivity contribution in [1.29, 1.82) is 0 Å². The number of aromatic nitrogens is 1. The average molecular weight is 421 g/mol. The van der Waals surface area contributed by atoms with Gasteiger partial charge >= 0.3 is 12.1 Å². The number of alkyl halides is 3. The molecule has 4 rings (SSSR count). The second-order valence-corrected chi connectivity index (χ2v) is 7.18. The zero-order chi connectivity index (χ0) is 21.9. The highest BCUT2D eigenvalue weighted by molar-refractivity contribution is 5.78. The summed E-state index contributed by atoms with van der Waals surface area (Å²) in [7, 11) is 0. The SMILES string of the molecule is Cc1cc(C)c2oc(NCC3Cc4ccccc4CN3)nc2c1.O=C(O)C(F)(F)F. The molecule has 6 nitrogen and oxygen atoms in total. The Morgan fingerprint density at radius 2 is 1.93 bits per heavy atom. The van der Waals surface area contributed by atoms with E-state index in [2.05, 4.69) is 65.9 Å². The van der Waals surface area contributed by atoms with E-state index in [4.69, 9.17) is 14.3 Å². The molecule has 2 heterocycles. The lowest BCUT2D eigenvalue weighted by atomic mass is 9.96. The first-order valence-electron chi connectivity index (χ1n) is 9.35. The number of anilines is 1. The third-order valence-corrected chi connectivity index (χ3v) is 4.73. The molecule has 1 atom stereocenters. The van der Waals surface area contributed by atoms with Gasteiger partial charge in [-0.05, 0) is 48.6 Å². The number of carboxylic acids is 1. The standard InChI is InChI=1S/C19H21N3O.C2HF3O2/c1-12-7-13(2)18-17(8-12)22-19(23-18)21-11-16-9-14-5-3-4-6-15(14)10-20-16;3-2(4,5)1(6)7/h3-8,16,20H,9-11H2,1-2H3,(H,21,22);(H,6,7). The molecule has 0 fully saturated rings. The van der Waals surface area contributed by atoms with Crippen molar-refractivity contribution in [2.24, 2.45) is 0 Å². The van der Waals surface area contributed by atoms with Gasteiger partial charge in [-0.15, -0.1) is 0 Å². The molecule has 0 aliphatic carbocycles. The molecule has 1 aromatic heterocycles. The normalized spacial score (nSPS) is 15.8. The Balaban J connectivity index is 0.000000318. The maximum absolute atomic E-state index is 10.6. The molecule has 0 amide bonds. The molecule has 0 bridgehead atoms. The van der Waals surface area contributed by atoms with Gasteiger partial charge in [-0.1, -0.05) is 30.3 Å². The predicted molar refractivity (Wildman–Crippen MR) is 106 cm³/mol. The highest BCUT2D eigenvalue weighted by Gasteiger charge is 2.38. The molecule has 3 N–H and O–H groups in total. The van der Waals surface area contributed by atoms with E-state index < -0.39 is 12.1 Å². The van der Waals surface area contributed by atoms with Crippen molar-refractivity contribution in [1.82, 2.24) is 10.3 Å². The van der Waals surface area contributed by atoms with E-state index in [1.54, 1.807) is 0 Å². The van der Waals surface area contributed by atoms with Gasteiger partial charge in [0, 0.05) is 19.1 Å². The molecule has 0 spiro atoms. The van der Waals surface area contributed by atoms with E-state index in [0.29, 0.717) is 12.1 Å². The fourth-order valence-electron chi connectivity index (χ4n) is 3.33. The van der Waals surface area contributed by atoms with Crippen LogP contribution >= 0.6 is 0 Å². The van der Waals surface area contributed by atoms with E-state index in [0.717, 1.165) is 36.2 Å². The first-order valence-corrected chi connectivity index (χ1v) is 9.35. The van der Waals surface area contributed by atoms with Gasteiger partial charge in [-0.25, -0.2) is 4.79 Å². The van der Waals surface area contributed by atoms with Crippen LogP contribution in [0, 0.1) is 13.8 Å². The summed E-state index contributed by atoms with van der Waals surface area (Å²) < 4.78 is 37.6. The first-order chi connectivity index (χ1) is 14.1. The summed E-state index contributed by atoms with van der Waals surface area (Å²) in [6, 6.07) is 13.8. The Hall–Kier alpha value is -3.07. The third kappa shape index (κ3) is 5.29. The molecule has 30 heavy (non-hydrogen) atoms. The van der Waals surface area contributed by atoms with E-state index in [1.165, 1.54) is 16.7 Å². The summed E-state index contributed by atoms with van der Waals surface area (Å²) in [4.78, 5) is 13.5. The maximum Gasteiger partial charge on any atom is 0.490 e. The van der Waals surface area contributed by atoms with Crippen LogP contribution in [0.15, 0.2) is 40.8 Å². The number of nitrogens with zero attached hydrogens (tertiary/aromatic N) is 1. The number of oxazole rings is 1. The van der Waals surface area contributed by atoms with Crippen LogP contribution < -0.4 is 10.6 Å². The van der Waals surface area contributed by atoms with Crippen LogP contribution in [0.25, 0.3) is 11.1 Å². The maximum atomic E-state index is 10.6. The molecule has 0 saturated heterocycles. The van der Waals surface area contributed by atoms with Crippen LogP contribution in [0.3, 0.4) is 0 Å². The van der Waals surface area contributed by atoms with E-state index in [9.17, 15) is 13.2 Å². The number of carboxylic acid groups (broad SMARTS) is 1. The van der Waals surface area contributed by atoms with Gasteiger partial charge in [-0.2, -0.15) is 18.2 Å². The zero-order valence-electron chi connectivity index (χ0n) is 16.5. The summed E-state index contributed by atoms with van der Waals surface area (Å²) in [6.45, 7) is 5.87. The Morgan fingerprint density at radius 3 is 2.60 bits per heavy atom. The minimum Gasteiger partial charge on any atom is -0.475 e. The fourth-order valence-corrected chi connectivity index (χ4v) is 3.33. The topological polar surface area (TPSA) is 87.4 Å².